The van der Waals surface area contributed by atoms with Crippen LogP contribution in [0.5, 0.6) is 0 Å². The van der Waals surface area contributed by atoms with Gasteiger partial charge in [-0.25, -0.2) is 0 Å². The largest absolute Gasteiger partial charge is 0.363 e. The molecule has 7 heteroatoms. The van der Waals surface area contributed by atoms with Gasteiger partial charge >= 0.3 is 0 Å². The van der Waals surface area contributed by atoms with Gasteiger partial charge in [0.15, 0.2) is 0 Å². The molecule has 2 heterocycles. The SMILES string of the molecule is CC(=O)Nc1ccc(C2N=C3C=NC=CN3C2Nc2cccc(CI)c2)cc1. The van der Waals surface area contributed by atoms with Crippen molar-refractivity contribution in [1.82, 2.24) is 4.90 Å². The first-order valence-electron chi connectivity index (χ1n) is 8.99. The van der Waals surface area contributed by atoms with Gasteiger partial charge in [-0.3, -0.25) is 14.8 Å². The maximum atomic E-state index is 11.3. The Balaban J connectivity index is 1.63. The maximum Gasteiger partial charge on any atom is 0.221 e. The van der Waals surface area contributed by atoms with E-state index < -0.39 is 0 Å². The summed E-state index contributed by atoms with van der Waals surface area (Å²) in [6, 6.07) is 16.2. The highest BCUT2D eigenvalue weighted by Gasteiger charge is 2.36. The second kappa shape index (κ2) is 8.14. The zero-order chi connectivity index (χ0) is 19.5. The number of rotatable bonds is 5. The molecule has 1 amide bonds. The number of carbonyl (C=O) groups excluding carboxylic acids is 1. The molecule has 0 bridgehead atoms. The van der Waals surface area contributed by atoms with Crippen LogP contribution in [0.15, 0.2) is 70.9 Å². The standard InChI is InChI=1S/C21H20IN5O/c1-14(28)24-17-7-5-16(6-8-17)20-21(27-10-9-23-13-19(27)26-20)25-18-4-2-3-15(11-18)12-22/h2-11,13,20-21,25H,12H2,1H3,(H,24,28). The molecule has 4 rings (SSSR count). The van der Waals surface area contributed by atoms with Crippen LogP contribution in [0.25, 0.3) is 0 Å². The van der Waals surface area contributed by atoms with Crippen molar-refractivity contribution >= 4 is 51.9 Å². The van der Waals surface area contributed by atoms with Gasteiger partial charge in [-0.05, 0) is 35.4 Å². The van der Waals surface area contributed by atoms with E-state index in [1.165, 1.54) is 12.5 Å². The third-order valence-corrected chi connectivity index (χ3v) is 5.49. The van der Waals surface area contributed by atoms with Crippen molar-refractivity contribution in [1.29, 1.82) is 0 Å². The Morgan fingerprint density at radius 2 is 2.00 bits per heavy atom. The van der Waals surface area contributed by atoms with E-state index in [-0.39, 0.29) is 18.1 Å². The van der Waals surface area contributed by atoms with Crippen LogP contribution in [-0.4, -0.2) is 29.0 Å². The molecule has 142 valence electrons. The lowest BCUT2D eigenvalue weighted by Crippen LogP contribution is -2.40. The highest BCUT2D eigenvalue weighted by Crippen LogP contribution is 2.34. The number of benzene rings is 2. The van der Waals surface area contributed by atoms with Crippen molar-refractivity contribution < 1.29 is 4.79 Å². The van der Waals surface area contributed by atoms with Crippen molar-refractivity contribution in [3.8, 4) is 0 Å². The summed E-state index contributed by atoms with van der Waals surface area (Å²) in [4.78, 5) is 22.5. The van der Waals surface area contributed by atoms with E-state index in [0.29, 0.717) is 0 Å². The number of nitrogens with zero attached hydrogens (tertiary/aromatic N) is 3. The van der Waals surface area contributed by atoms with Crippen LogP contribution in [0.2, 0.25) is 0 Å². The van der Waals surface area contributed by atoms with E-state index in [9.17, 15) is 4.79 Å². The molecular formula is C21H20IN5O. The average molecular weight is 485 g/mol. The number of nitrogens with one attached hydrogen (secondary N) is 2. The summed E-state index contributed by atoms with van der Waals surface area (Å²) in [5, 5.41) is 6.44. The number of hydrogen-bond donors (Lipinski definition) is 2. The lowest BCUT2D eigenvalue weighted by molar-refractivity contribution is -0.114. The van der Waals surface area contributed by atoms with E-state index in [1.54, 1.807) is 12.4 Å². The van der Waals surface area contributed by atoms with E-state index in [2.05, 4.69) is 67.4 Å². The van der Waals surface area contributed by atoms with Gasteiger partial charge in [0.1, 0.15) is 18.0 Å². The molecule has 2 N–H and O–H groups in total. The van der Waals surface area contributed by atoms with E-state index >= 15 is 0 Å². The molecule has 2 aromatic rings. The van der Waals surface area contributed by atoms with Crippen LogP contribution in [0.1, 0.15) is 24.1 Å². The van der Waals surface area contributed by atoms with E-state index in [0.717, 1.165) is 27.2 Å². The van der Waals surface area contributed by atoms with Crippen LogP contribution in [-0.2, 0) is 9.22 Å². The van der Waals surface area contributed by atoms with Gasteiger partial charge in [0, 0.05) is 35.1 Å². The number of fused-ring (bicyclic) bond motifs is 1. The fraction of sp³-hybridized carbons (Fsp3) is 0.190. The maximum absolute atomic E-state index is 11.3. The lowest BCUT2D eigenvalue weighted by Gasteiger charge is -2.29. The molecule has 2 aliphatic heterocycles. The number of aliphatic imine (C=N–C) groups is 2. The van der Waals surface area contributed by atoms with Crippen LogP contribution in [0.3, 0.4) is 0 Å². The molecule has 0 aliphatic carbocycles. The summed E-state index contributed by atoms with van der Waals surface area (Å²) in [6.07, 6.45) is 5.44. The molecule has 0 radical (unpaired) electrons. The molecule has 2 aliphatic rings. The molecule has 0 spiro atoms. The van der Waals surface area contributed by atoms with Crippen molar-refractivity contribution in [2.45, 2.75) is 23.6 Å². The summed E-state index contributed by atoms with van der Waals surface area (Å²) in [5.74, 6) is 0.753. The fourth-order valence-electron chi connectivity index (χ4n) is 3.35. The van der Waals surface area contributed by atoms with Crippen molar-refractivity contribution in [3.63, 3.8) is 0 Å². The number of anilines is 2. The van der Waals surface area contributed by atoms with Gasteiger partial charge < -0.3 is 15.5 Å². The predicted molar refractivity (Wildman–Crippen MR) is 122 cm³/mol. The molecule has 0 fully saturated rings. The van der Waals surface area contributed by atoms with Gasteiger partial charge in [-0.1, -0.05) is 46.9 Å². The van der Waals surface area contributed by atoms with Gasteiger partial charge in [-0.15, -0.1) is 0 Å². The number of carbonyl (C=O) groups is 1. The molecule has 0 saturated carbocycles. The highest BCUT2D eigenvalue weighted by molar-refractivity contribution is 14.1. The van der Waals surface area contributed by atoms with Crippen LogP contribution in [0.4, 0.5) is 11.4 Å². The highest BCUT2D eigenvalue weighted by atomic mass is 127. The topological polar surface area (TPSA) is 69.1 Å². The van der Waals surface area contributed by atoms with Crippen LogP contribution < -0.4 is 10.6 Å². The molecule has 6 nitrogen and oxygen atoms in total. The lowest BCUT2D eigenvalue weighted by atomic mass is 10.0. The summed E-state index contributed by atoms with van der Waals surface area (Å²) in [6.45, 7) is 1.50. The van der Waals surface area contributed by atoms with Gasteiger partial charge in [0.25, 0.3) is 0 Å². The quantitative estimate of drug-likeness (QED) is 0.490. The Kier molecular flexibility index (Phi) is 5.43. The fourth-order valence-corrected chi connectivity index (χ4v) is 3.83. The molecule has 2 atom stereocenters. The smallest absolute Gasteiger partial charge is 0.221 e. The second-order valence-corrected chi connectivity index (χ2v) is 7.40. The summed E-state index contributed by atoms with van der Waals surface area (Å²) >= 11 is 2.37. The average Bonchev–Trinajstić information content (AvgIpc) is 3.07. The zero-order valence-corrected chi connectivity index (χ0v) is 17.5. The molecule has 2 unspecified atom stereocenters. The third kappa shape index (κ3) is 3.94. The Bertz CT molecular complexity index is 967. The number of amides is 1. The van der Waals surface area contributed by atoms with Gasteiger partial charge in [-0.2, -0.15) is 0 Å². The first-order chi connectivity index (χ1) is 13.6. The number of alkyl halides is 1. The number of amidine groups is 1. The van der Waals surface area contributed by atoms with Crippen LogP contribution >= 0.6 is 22.6 Å². The van der Waals surface area contributed by atoms with E-state index in [1.807, 2.05) is 30.5 Å². The van der Waals surface area contributed by atoms with Gasteiger partial charge in [0.2, 0.25) is 5.91 Å². The minimum Gasteiger partial charge on any atom is -0.363 e. The first kappa shape index (κ1) is 18.7. The first-order valence-corrected chi connectivity index (χ1v) is 10.5. The number of halogens is 1. The molecular weight excluding hydrogens is 465 g/mol. The van der Waals surface area contributed by atoms with Crippen molar-refractivity contribution in [3.05, 3.63) is 72.1 Å². The second-order valence-electron chi connectivity index (χ2n) is 6.64. The van der Waals surface area contributed by atoms with E-state index in [4.69, 9.17) is 4.99 Å². The summed E-state index contributed by atoms with van der Waals surface area (Å²) < 4.78 is 0.962. The minimum absolute atomic E-state index is 0.0610. The van der Waals surface area contributed by atoms with Gasteiger partial charge in [0.05, 0.1) is 6.21 Å². The van der Waals surface area contributed by atoms with Crippen molar-refractivity contribution in [2.75, 3.05) is 10.6 Å². The minimum atomic E-state index is -0.0983. The third-order valence-electron chi connectivity index (χ3n) is 4.61. The molecule has 28 heavy (non-hydrogen) atoms. The molecule has 0 aromatic heterocycles. The Hall–Kier alpha value is -2.68. The number of hydrogen-bond acceptors (Lipinski definition) is 5. The Labute approximate surface area is 177 Å². The molecule has 2 aromatic carbocycles. The monoisotopic (exact) mass is 485 g/mol. The predicted octanol–water partition coefficient (Wildman–Crippen LogP) is 4.33. The Morgan fingerprint density at radius 3 is 2.75 bits per heavy atom. The summed E-state index contributed by atoms with van der Waals surface area (Å²) in [5.41, 5.74) is 4.18. The summed E-state index contributed by atoms with van der Waals surface area (Å²) in [7, 11) is 0. The van der Waals surface area contributed by atoms with Crippen LogP contribution in [0, 0.1) is 0 Å². The van der Waals surface area contributed by atoms with Crippen molar-refractivity contribution in [2.24, 2.45) is 9.98 Å². The zero-order valence-electron chi connectivity index (χ0n) is 15.3. The Morgan fingerprint density at radius 1 is 1.18 bits per heavy atom. The normalized spacial score (nSPS) is 19.9. The molecule has 0 saturated heterocycles.